The minimum atomic E-state index is -0.794. The number of imidazole rings is 1. The monoisotopic (exact) mass is 509 g/mol. The summed E-state index contributed by atoms with van der Waals surface area (Å²) in [5, 5.41) is 11.7. The summed E-state index contributed by atoms with van der Waals surface area (Å²) in [7, 11) is 1.54. The number of likely N-dealkylation sites (tertiary alicyclic amines) is 1. The third-order valence-corrected chi connectivity index (χ3v) is 6.25. The molecule has 4 rings (SSSR count). The first-order valence-corrected chi connectivity index (χ1v) is 12.1. The van der Waals surface area contributed by atoms with Crippen LogP contribution in [-0.4, -0.2) is 51.5 Å². The van der Waals surface area contributed by atoms with E-state index in [0.717, 1.165) is 6.42 Å². The lowest BCUT2D eigenvalue weighted by atomic mass is 9.95. The van der Waals surface area contributed by atoms with Gasteiger partial charge >= 0.3 is 0 Å². The number of carbonyl (C=O) groups excluding carboxylic acids is 2. The van der Waals surface area contributed by atoms with Gasteiger partial charge in [0, 0.05) is 36.1 Å². The van der Waals surface area contributed by atoms with Crippen LogP contribution in [-0.2, 0) is 16.1 Å². The van der Waals surface area contributed by atoms with E-state index in [2.05, 4.69) is 4.98 Å². The Labute approximate surface area is 214 Å². The van der Waals surface area contributed by atoms with Crippen LogP contribution in [0.3, 0.4) is 0 Å². The van der Waals surface area contributed by atoms with Crippen LogP contribution in [0.2, 0.25) is 5.02 Å². The van der Waals surface area contributed by atoms with E-state index in [1.54, 1.807) is 55.0 Å². The summed E-state index contributed by atoms with van der Waals surface area (Å²) in [6, 6.07) is 11.0. The quantitative estimate of drug-likeness (QED) is 0.238. The molecule has 0 bridgehead atoms. The molecule has 9 heteroatoms. The van der Waals surface area contributed by atoms with Crippen LogP contribution in [0.15, 0.2) is 66.8 Å². The molecule has 188 valence electrons. The molecule has 1 fully saturated rings. The minimum absolute atomic E-state index is 0.0224. The lowest BCUT2D eigenvalue weighted by molar-refractivity contribution is -0.139. The predicted octanol–water partition coefficient (Wildman–Crippen LogP) is 4.85. The number of aliphatic hydroxyl groups excluding tert-OH is 1. The van der Waals surface area contributed by atoms with Crippen LogP contribution in [0.4, 0.5) is 0 Å². The molecule has 2 heterocycles. The number of aliphatic hydroxyl groups is 1. The van der Waals surface area contributed by atoms with Crippen molar-refractivity contribution in [3.63, 3.8) is 0 Å². The molecule has 1 amide bonds. The second-order valence-corrected chi connectivity index (χ2v) is 8.85. The van der Waals surface area contributed by atoms with Crippen LogP contribution >= 0.6 is 11.6 Å². The number of aryl methyl sites for hydroxylation is 1. The minimum Gasteiger partial charge on any atom is -0.507 e. The van der Waals surface area contributed by atoms with E-state index in [1.165, 1.54) is 12.0 Å². The highest BCUT2D eigenvalue weighted by atomic mass is 35.5. The average molecular weight is 510 g/mol. The number of amides is 1. The lowest BCUT2D eigenvalue weighted by Gasteiger charge is -2.26. The van der Waals surface area contributed by atoms with Gasteiger partial charge in [-0.15, -0.1) is 0 Å². The number of ether oxygens (including phenoxy) is 2. The van der Waals surface area contributed by atoms with Crippen molar-refractivity contribution >= 4 is 29.1 Å². The first-order valence-electron chi connectivity index (χ1n) is 11.8. The number of methoxy groups -OCH3 is 1. The number of ketones is 1. The van der Waals surface area contributed by atoms with E-state index >= 15 is 0 Å². The third kappa shape index (κ3) is 5.23. The van der Waals surface area contributed by atoms with Crippen LogP contribution in [0.5, 0.6) is 11.5 Å². The van der Waals surface area contributed by atoms with Crippen molar-refractivity contribution in [1.29, 1.82) is 0 Å². The Hall–Kier alpha value is -3.78. The van der Waals surface area contributed by atoms with E-state index in [4.69, 9.17) is 21.1 Å². The second-order valence-electron chi connectivity index (χ2n) is 8.41. The van der Waals surface area contributed by atoms with Gasteiger partial charge in [0.25, 0.3) is 11.7 Å². The number of Topliss-reactive ketones (excluding diaryl/α,β-unsaturated/α-hetero) is 1. The molecule has 1 aliphatic rings. The highest BCUT2D eigenvalue weighted by molar-refractivity contribution is 6.46. The molecule has 0 aliphatic carbocycles. The molecule has 3 aromatic rings. The van der Waals surface area contributed by atoms with Gasteiger partial charge in [-0.25, -0.2) is 4.98 Å². The van der Waals surface area contributed by atoms with E-state index in [-0.39, 0.29) is 11.3 Å². The van der Waals surface area contributed by atoms with E-state index < -0.39 is 17.7 Å². The largest absolute Gasteiger partial charge is 0.507 e. The zero-order valence-electron chi connectivity index (χ0n) is 20.2. The van der Waals surface area contributed by atoms with Crippen LogP contribution in [0.25, 0.3) is 5.76 Å². The average Bonchev–Trinajstić information content (AvgIpc) is 3.49. The van der Waals surface area contributed by atoms with Gasteiger partial charge in [0.05, 0.1) is 31.7 Å². The summed E-state index contributed by atoms with van der Waals surface area (Å²) in [6.07, 6.45) is 6.66. The molecule has 8 nitrogen and oxygen atoms in total. The molecule has 1 atom stereocenters. The van der Waals surface area contributed by atoms with Crippen LogP contribution in [0, 0.1) is 0 Å². The maximum absolute atomic E-state index is 13.2. The smallest absolute Gasteiger partial charge is 0.295 e. The van der Waals surface area contributed by atoms with Crippen molar-refractivity contribution in [2.75, 3.05) is 20.3 Å². The fourth-order valence-electron chi connectivity index (χ4n) is 4.25. The summed E-state index contributed by atoms with van der Waals surface area (Å²) >= 11 is 6.00. The molecule has 1 N–H and O–H groups in total. The van der Waals surface area contributed by atoms with Gasteiger partial charge < -0.3 is 24.0 Å². The van der Waals surface area contributed by atoms with Crippen molar-refractivity contribution in [3.05, 3.63) is 82.9 Å². The van der Waals surface area contributed by atoms with E-state index in [9.17, 15) is 14.7 Å². The summed E-state index contributed by atoms with van der Waals surface area (Å²) < 4.78 is 13.2. The van der Waals surface area contributed by atoms with Gasteiger partial charge in [-0.1, -0.05) is 24.6 Å². The molecular weight excluding hydrogens is 482 g/mol. The lowest BCUT2D eigenvalue weighted by Crippen LogP contribution is -2.31. The Morgan fingerprint density at radius 2 is 1.89 bits per heavy atom. The van der Waals surface area contributed by atoms with Gasteiger partial charge in [-0.3, -0.25) is 9.59 Å². The summed E-state index contributed by atoms with van der Waals surface area (Å²) in [5.41, 5.74) is 1.05. The van der Waals surface area contributed by atoms with Gasteiger partial charge in [-0.2, -0.15) is 0 Å². The summed E-state index contributed by atoms with van der Waals surface area (Å²) in [5.74, 6) is -0.599. The summed E-state index contributed by atoms with van der Waals surface area (Å²) in [4.78, 5) is 31.9. The zero-order valence-corrected chi connectivity index (χ0v) is 20.9. The van der Waals surface area contributed by atoms with Gasteiger partial charge in [0.1, 0.15) is 5.76 Å². The van der Waals surface area contributed by atoms with Crippen molar-refractivity contribution in [1.82, 2.24) is 14.5 Å². The number of aromatic nitrogens is 2. The van der Waals surface area contributed by atoms with Crippen molar-refractivity contribution in [2.45, 2.75) is 32.4 Å². The topological polar surface area (TPSA) is 93.9 Å². The Kier molecular flexibility index (Phi) is 7.95. The highest BCUT2D eigenvalue weighted by Gasteiger charge is 2.46. The highest BCUT2D eigenvalue weighted by Crippen LogP contribution is 2.42. The third-order valence-electron chi connectivity index (χ3n) is 6.00. The Bertz CT molecular complexity index is 1250. The number of hydrogen-bond acceptors (Lipinski definition) is 6. The zero-order chi connectivity index (χ0) is 25.7. The normalized spacial score (nSPS) is 17.0. The molecule has 1 saturated heterocycles. The molecule has 0 spiro atoms. The molecule has 36 heavy (non-hydrogen) atoms. The molecule has 1 aromatic heterocycles. The fourth-order valence-corrected chi connectivity index (χ4v) is 4.37. The van der Waals surface area contributed by atoms with Crippen LogP contribution in [0.1, 0.15) is 36.9 Å². The molecular formula is C27H28ClN3O5. The number of nitrogens with zero attached hydrogens (tertiary/aromatic N) is 3. The fraction of sp³-hybridized carbons (Fsp3) is 0.296. The van der Waals surface area contributed by atoms with Gasteiger partial charge in [0.15, 0.2) is 11.5 Å². The van der Waals surface area contributed by atoms with Crippen molar-refractivity contribution in [2.24, 2.45) is 0 Å². The first kappa shape index (κ1) is 25.3. The molecule has 2 aromatic carbocycles. The van der Waals surface area contributed by atoms with Gasteiger partial charge in [0.2, 0.25) is 0 Å². The maximum atomic E-state index is 13.2. The number of rotatable bonds is 10. The Morgan fingerprint density at radius 1 is 1.11 bits per heavy atom. The van der Waals surface area contributed by atoms with Crippen molar-refractivity contribution < 1.29 is 24.2 Å². The number of benzene rings is 2. The van der Waals surface area contributed by atoms with E-state index in [1.807, 2.05) is 17.7 Å². The van der Waals surface area contributed by atoms with Crippen LogP contribution < -0.4 is 9.47 Å². The molecule has 0 unspecified atom stereocenters. The van der Waals surface area contributed by atoms with Gasteiger partial charge in [-0.05, 0) is 54.8 Å². The predicted molar refractivity (Wildman–Crippen MR) is 136 cm³/mol. The molecule has 1 aliphatic heterocycles. The second kappa shape index (κ2) is 11.3. The Balaban J connectivity index is 1.75. The first-order chi connectivity index (χ1) is 17.4. The number of hydrogen-bond donors (Lipinski definition) is 1. The number of carbonyl (C=O) groups is 2. The van der Waals surface area contributed by atoms with Crippen molar-refractivity contribution in [3.8, 4) is 11.5 Å². The maximum Gasteiger partial charge on any atom is 0.295 e. The van der Waals surface area contributed by atoms with E-state index in [0.29, 0.717) is 53.8 Å². The number of halogens is 1. The standard InChI is InChI=1S/C27H28ClN3O5/c1-3-15-36-21-10-7-19(16-22(21)35-2)24-23(25(32)18-5-8-20(28)9-6-18)26(33)27(34)31(24)13-4-12-30-14-11-29-17-30/h5-11,14,16-17,24,32H,3-4,12-13,15H2,1-2H3/b25-23+/t24-/m0/s1. The summed E-state index contributed by atoms with van der Waals surface area (Å²) in [6.45, 7) is 3.47. The molecule has 0 saturated carbocycles. The SMILES string of the molecule is CCCOc1ccc([C@H]2/C(=C(\O)c3ccc(Cl)cc3)C(=O)C(=O)N2CCCn2ccnc2)cc1OC. The Morgan fingerprint density at radius 3 is 2.56 bits per heavy atom. The molecule has 0 radical (unpaired) electrons.